The molecule has 0 aromatic heterocycles. The predicted octanol–water partition coefficient (Wildman–Crippen LogP) is 4.51. The van der Waals surface area contributed by atoms with E-state index in [-0.39, 0.29) is 11.8 Å². The van der Waals surface area contributed by atoms with Crippen molar-refractivity contribution < 1.29 is 14.3 Å². The Morgan fingerprint density at radius 2 is 1.33 bits per heavy atom. The molecule has 3 rings (SSSR count). The fourth-order valence-electron chi connectivity index (χ4n) is 2.55. The summed E-state index contributed by atoms with van der Waals surface area (Å²) in [5, 5.41) is 5.63. The van der Waals surface area contributed by atoms with Gasteiger partial charge in [-0.05, 0) is 49.4 Å². The largest absolute Gasteiger partial charge is 0.497 e. The monoisotopic (exact) mass is 360 g/mol. The molecule has 3 aromatic carbocycles. The first-order valence-electron chi connectivity index (χ1n) is 8.48. The van der Waals surface area contributed by atoms with E-state index in [1.165, 1.54) is 0 Å². The van der Waals surface area contributed by atoms with Crippen LogP contribution in [0.5, 0.6) is 5.75 Å². The number of anilines is 2. The van der Waals surface area contributed by atoms with Crippen LogP contribution in [0.4, 0.5) is 11.4 Å². The standard InChI is InChI=1S/C22H20N2O3/c1-15-9-11-18(12-10-15)23-21(25)16-5-3-6-17(13-16)22(26)24-19-7-4-8-20(14-19)27-2/h3-14H,1-2H3,(H,23,25)(H,24,26). The molecule has 5 heteroatoms. The van der Waals surface area contributed by atoms with Crippen LogP contribution in [-0.4, -0.2) is 18.9 Å². The lowest BCUT2D eigenvalue weighted by atomic mass is 10.1. The van der Waals surface area contributed by atoms with Gasteiger partial charge in [-0.25, -0.2) is 0 Å². The normalized spacial score (nSPS) is 10.1. The summed E-state index contributed by atoms with van der Waals surface area (Å²) >= 11 is 0. The van der Waals surface area contributed by atoms with Gasteiger partial charge in [0.15, 0.2) is 0 Å². The van der Waals surface area contributed by atoms with E-state index < -0.39 is 0 Å². The quantitative estimate of drug-likeness (QED) is 0.703. The van der Waals surface area contributed by atoms with Crippen LogP contribution in [0.2, 0.25) is 0 Å². The summed E-state index contributed by atoms with van der Waals surface area (Å²) in [6.07, 6.45) is 0. The molecule has 0 unspecified atom stereocenters. The molecule has 3 aromatic rings. The molecule has 0 spiro atoms. The fraction of sp³-hybridized carbons (Fsp3) is 0.0909. The predicted molar refractivity (Wildman–Crippen MR) is 107 cm³/mol. The average Bonchev–Trinajstić information content (AvgIpc) is 2.70. The lowest BCUT2D eigenvalue weighted by Crippen LogP contribution is -2.15. The van der Waals surface area contributed by atoms with Crippen LogP contribution in [-0.2, 0) is 0 Å². The number of ether oxygens (including phenoxy) is 1. The van der Waals surface area contributed by atoms with E-state index in [4.69, 9.17) is 4.74 Å². The molecule has 136 valence electrons. The third-order valence-electron chi connectivity index (χ3n) is 4.02. The summed E-state index contributed by atoms with van der Waals surface area (Å²) in [5.41, 5.74) is 3.25. The highest BCUT2D eigenvalue weighted by molar-refractivity contribution is 6.08. The van der Waals surface area contributed by atoms with Crippen LogP contribution in [0.25, 0.3) is 0 Å². The average molecular weight is 360 g/mol. The molecule has 0 radical (unpaired) electrons. The van der Waals surface area contributed by atoms with Crippen molar-refractivity contribution in [2.24, 2.45) is 0 Å². The highest BCUT2D eigenvalue weighted by Crippen LogP contribution is 2.18. The molecule has 5 nitrogen and oxygen atoms in total. The van der Waals surface area contributed by atoms with Crippen LogP contribution in [0.3, 0.4) is 0 Å². The summed E-state index contributed by atoms with van der Waals surface area (Å²) in [4.78, 5) is 25.0. The van der Waals surface area contributed by atoms with Crippen LogP contribution < -0.4 is 15.4 Å². The molecule has 0 aliphatic rings. The molecule has 0 aliphatic carbocycles. The van der Waals surface area contributed by atoms with E-state index in [1.54, 1.807) is 55.6 Å². The topological polar surface area (TPSA) is 67.4 Å². The number of methoxy groups -OCH3 is 1. The summed E-state index contributed by atoms with van der Waals surface area (Å²) in [6.45, 7) is 1.98. The first-order chi connectivity index (χ1) is 13.0. The molecular formula is C22H20N2O3. The second kappa shape index (κ2) is 8.19. The van der Waals surface area contributed by atoms with Crippen molar-refractivity contribution in [1.82, 2.24) is 0 Å². The smallest absolute Gasteiger partial charge is 0.255 e. The molecule has 0 bridgehead atoms. The van der Waals surface area contributed by atoms with Gasteiger partial charge >= 0.3 is 0 Å². The van der Waals surface area contributed by atoms with Crippen LogP contribution >= 0.6 is 0 Å². The van der Waals surface area contributed by atoms with Gasteiger partial charge in [-0.1, -0.05) is 29.8 Å². The second-order valence-corrected chi connectivity index (χ2v) is 6.09. The van der Waals surface area contributed by atoms with E-state index in [2.05, 4.69) is 10.6 Å². The first-order valence-corrected chi connectivity index (χ1v) is 8.48. The van der Waals surface area contributed by atoms with Gasteiger partial charge < -0.3 is 15.4 Å². The van der Waals surface area contributed by atoms with Gasteiger partial charge in [-0.3, -0.25) is 9.59 Å². The fourth-order valence-corrected chi connectivity index (χ4v) is 2.55. The zero-order valence-electron chi connectivity index (χ0n) is 15.2. The van der Waals surface area contributed by atoms with Crippen molar-refractivity contribution in [2.75, 3.05) is 17.7 Å². The van der Waals surface area contributed by atoms with Crippen molar-refractivity contribution in [1.29, 1.82) is 0 Å². The Hall–Kier alpha value is -3.60. The molecule has 27 heavy (non-hydrogen) atoms. The van der Waals surface area contributed by atoms with E-state index in [1.807, 2.05) is 31.2 Å². The highest BCUT2D eigenvalue weighted by Gasteiger charge is 2.11. The van der Waals surface area contributed by atoms with Gasteiger partial charge in [0, 0.05) is 28.6 Å². The summed E-state index contributed by atoms with van der Waals surface area (Å²) in [6, 6.07) is 21.2. The second-order valence-electron chi connectivity index (χ2n) is 6.09. The number of carbonyl (C=O) groups excluding carboxylic acids is 2. The number of aryl methyl sites for hydroxylation is 1. The van der Waals surface area contributed by atoms with E-state index in [9.17, 15) is 9.59 Å². The van der Waals surface area contributed by atoms with Crippen molar-refractivity contribution >= 4 is 23.2 Å². The molecule has 0 saturated heterocycles. The van der Waals surface area contributed by atoms with Crippen LogP contribution in [0.15, 0.2) is 72.8 Å². The molecule has 0 heterocycles. The number of benzene rings is 3. The van der Waals surface area contributed by atoms with Gasteiger partial charge in [0.05, 0.1) is 7.11 Å². The van der Waals surface area contributed by atoms with Gasteiger partial charge in [0.1, 0.15) is 5.75 Å². The van der Waals surface area contributed by atoms with E-state index >= 15 is 0 Å². The number of amides is 2. The molecule has 2 amide bonds. The Labute approximate surface area is 158 Å². The minimum Gasteiger partial charge on any atom is -0.497 e. The van der Waals surface area contributed by atoms with E-state index in [0.29, 0.717) is 28.3 Å². The zero-order chi connectivity index (χ0) is 19.2. The number of rotatable bonds is 5. The Balaban J connectivity index is 1.73. The summed E-state index contributed by atoms with van der Waals surface area (Å²) < 4.78 is 5.15. The number of carbonyl (C=O) groups is 2. The molecule has 0 saturated carbocycles. The van der Waals surface area contributed by atoms with Gasteiger partial charge in [-0.15, -0.1) is 0 Å². The molecule has 0 fully saturated rings. The van der Waals surface area contributed by atoms with Crippen molar-refractivity contribution in [3.63, 3.8) is 0 Å². The Morgan fingerprint density at radius 1 is 0.741 bits per heavy atom. The minimum absolute atomic E-state index is 0.269. The van der Waals surface area contributed by atoms with Crippen LogP contribution in [0, 0.1) is 6.92 Å². The van der Waals surface area contributed by atoms with Gasteiger partial charge in [-0.2, -0.15) is 0 Å². The maximum atomic E-state index is 12.5. The minimum atomic E-state index is -0.298. The third kappa shape index (κ3) is 4.73. The summed E-state index contributed by atoms with van der Waals surface area (Å²) in [5.74, 6) is 0.0853. The molecule has 0 atom stereocenters. The van der Waals surface area contributed by atoms with Crippen molar-refractivity contribution in [3.8, 4) is 5.75 Å². The lowest BCUT2D eigenvalue weighted by Gasteiger charge is -2.09. The SMILES string of the molecule is COc1cccc(NC(=O)c2cccc(C(=O)Nc3ccc(C)cc3)c2)c1. The highest BCUT2D eigenvalue weighted by atomic mass is 16.5. The maximum Gasteiger partial charge on any atom is 0.255 e. The van der Waals surface area contributed by atoms with Crippen molar-refractivity contribution in [3.05, 3.63) is 89.5 Å². The molecular weight excluding hydrogens is 340 g/mol. The lowest BCUT2D eigenvalue weighted by molar-refractivity contribution is 0.102. The van der Waals surface area contributed by atoms with E-state index in [0.717, 1.165) is 5.56 Å². The van der Waals surface area contributed by atoms with Gasteiger partial charge in [0.2, 0.25) is 0 Å². The molecule has 2 N–H and O–H groups in total. The Bertz CT molecular complexity index is 965. The van der Waals surface area contributed by atoms with Gasteiger partial charge in [0.25, 0.3) is 11.8 Å². The number of hydrogen-bond donors (Lipinski definition) is 2. The third-order valence-corrected chi connectivity index (χ3v) is 4.02. The Morgan fingerprint density at radius 3 is 1.96 bits per heavy atom. The number of hydrogen-bond acceptors (Lipinski definition) is 3. The first kappa shape index (κ1) is 18.2. The van der Waals surface area contributed by atoms with Crippen LogP contribution in [0.1, 0.15) is 26.3 Å². The Kier molecular flexibility index (Phi) is 5.52. The number of nitrogens with one attached hydrogen (secondary N) is 2. The molecule has 0 aliphatic heterocycles. The maximum absolute atomic E-state index is 12.5. The summed E-state index contributed by atoms with van der Waals surface area (Å²) in [7, 11) is 1.57. The zero-order valence-corrected chi connectivity index (χ0v) is 15.2. The van der Waals surface area contributed by atoms with Crippen molar-refractivity contribution in [2.45, 2.75) is 6.92 Å².